The molecule has 27 heavy (non-hydrogen) atoms. The minimum absolute atomic E-state index is 0.140. The van der Waals surface area contributed by atoms with Crippen molar-refractivity contribution in [1.82, 2.24) is 4.57 Å². The summed E-state index contributed by atoms with van der Waals surface area (Å²) >= 11 is 0. The van der Waals surface area contributed by atoms with Gasteiger partial charge in [0.05, 0.1) is 4.90 Å². The summed E-state index contributed by atoms with van der Waals surface area (Å²) in [6.45, 7) is 4.83. The highest BCUT2D eigenvalue weighted by molar-refractivity contribution is 7.90. The lowest BCUT2D eigenvalue weighted by Crippen LogP contribution is -2.28. The van der Waals surface area contributed by atoms with Crippen LogP contribution in [0, 0.1) is 5.92 Å². The average molecular weight is 385 g/mol. The summed E-state index contributed by atoms with van der Waals surface area (Å²) in [6, 6.07) is 14.3. The van der Waals surface area contributed by atoms with Crippen molar-refractivity contribution >= 4 is 20.6 Å². The van der Waals surface area contributed by atoms with Crippen LogP contribution in [0.15, 0.2) is 58.2 Å². The molecule has 0 aliphatic carbocycles. The van der Waals surface area contributed by atoms with Gasteiger partial charge in [-0.3, -0.25) is 4.79 Å². The molecule has 142 valence electrons. The molecule has 5 nitrogen and oxygen atoms in total. The lowest BCUT2D eigenvalue weighted by molar-refractivity contribution is 0.499. The second-order valence-corrected chi connectivity index (χ2v) is 9.20. The third-order valence-electron chi connectivity index (χ3n) is 4.58. The van der Waals surface area contributed by atoms with Crippen molar-refractivity contribution in [2.24, 2.45) is 11.7 Å². The van der Waals surface area contributed by atoms with E-state index in [2.05, 4.69) is 0 Å². The number of rotatable bonds is 5. The molecule has 3 rings (SSSR count). The maximum Gasteiger partial charge on any atom is 0.258 e. The number of fused-ring (bicyclic) bond motifs is 1. The first-order valence-corrected chi connectivity index (χ1v) is 10.8. The fourth-order valence-electron chi connectivity index (χ4n) is 3.40. The highest BCUT2D eigenvalue weighted by Gasteiger charge is 2.19. The van der Waals surface area contributed by atoms with E-state index >= 15 is 0 Å². The highest BCUT2D eigenvalue weighted by atomic mass is 32.2. The Morgan fingerprint density at radius 3 is 2.26 bits per heavy atom. The molecule has 1 heterocycles. The van der Waals surface area contributed by atoms with Gasteiger partial charge in [0.1, 0.15) is 0 Å². The Morgan fingerprint density at radius 2 is 1.70 bits per heavy atom. The topological polar surface area (TPSA) is 82.2 Å². The molecule has 2 aromatic carbocycles. The summed E-state index contributed by atoms with van der Waals surface area (Å²) in [5.41, 5.74) is 8.38. The molecule has 0 saturated carbocycles. The standard InChI is InChI=1S/C21H24N2O3S/c1-14(2)13-23-19(12-22)20(15-7-5-4-6-8-15)18-11-16(27(3,25)26)9-10-17(18)21(23)24/h4-11,14H,12-13,22H2,1-3H3. The van der Waals surface area contributed by atoms with Gasteiger partial charge < -0.3 is 10.3 Å². The molecule has 2 N–H and O–H groups in total. The molecule has 0 spiro atoms. The zero-order chi connectivity index (χ0) is 19.8. The van der Waals surface area contributed by atoms with Crippen molar-refractivity contribution in [3.8, 4) is 11.1 Å². The van der Waals surface area contributed by atoms with E-state index in [1.165, 1.54) is 12.3 Å². The van der Waals surface area contributed by atoms with Crippen molar-refractivity contribution in [3.05, 3.63) is 64.6 Å². The van der Waals surface area contributed by atoms with Gasteiger partial charge in [0, 0.05) is 36.0 Å². The van der Waals surface area contributed by atoms with E-state index in [1.807, 2.05) is 44.2 Å². The van der Waals surface area contributed by atoms with Crippen LogP contribution in [0.1, 0.15) is 19.5 Å². The molecule has 6 heteroatoms. The molecule has 3 aromatic rings. The molecule has 0 radical (unpaired) electrons. The second kappa shape index (κ2) is 7.29. The molecule has 0 atom stereocenters. The summed E-state index contributed by atoms with van der Waals surface area (Å²) in [5, 5.41) is 1.12. The van der Waals surface area contributed by atoms with Crippen LogP contribution in [0.2, 0.25) is 0 Å². The Balaban J connectivity index is 2.52. The van der Waals surface area contributed by atoms with Crippen molar-refractivity contribution in [2.45, 2.75) is 31.8 Å². The van der Waals surface area contributed by atoms with E-state index in [9.17, 15) is 13.2 Å². The molecule has 0 bridgehead atoms. The lowest BCUT2D eigenvalue weighted by atomic mass is 9.96. The van der Waals surface area contributed by atoms with Crippen LogP contribution >= 0.6 is 0 Å². The van der Waals surface area contributed by atoms with Gasteiger partial charge >= 0.3 is 0 Å². The SMILES string of the molecule is CC(C)Cn1c(CN)c(-c2ccccc2)c2cc(S(C)(=O)=O)ccc2c1=O. The minimum atomic E-state index is -3.39. The van der Waals surface area contributed by atoms with Crippen LogP contribution < -0.4 is 11.3 Å². The van der Waals surface area contributed by atoms with Gasteiger partial charge in [-0.05, 0) is 35.1 Å². The molecule has 0 aliphatic rings. The maximum atomic E-state index is 13.1. The Kier molecular flexibility index (Phi) is 5.22. The van der Waals surface area contributed by atoms with Crippen molar-refractivity contribution in [1.29, 1.82) is 0 Å². The Hall–Kier alpha value is -2.44. The minimum Gasteiger partial charge on any atom is -0.325 e. The predicted octanol–water partition coefficient (Wildman–Crippen LogP) is 3.19. The van der Waals surface area contributed by atoms with Gasteiger partial charge in [0.25, 0.3) is 5.56 Å². The number of pyridine rings is 1. The Morgan fingerprint density at radius 1 is 1.04 bits per heavy atom. The first-order valence-electron chi connectivity index (χ1n) is 8.89. The van der Waals surface area contributed by atoms with Crippen LogP contribution in [-0.2, 0) is 22.9 Å². The summed E-state index contributed by atoms with van der Waals surface area (Å²) in [5.74, 6) is 0.268. The summed E-state index contributed by atoms with van der Waals surface area (Å²) in [4.78, 5) is 13.3. The van der Waals surface area contributed by atoms with Crippen molar-refractivity contribution < 1.29 is 8.42 Å². The zero-order valence-electron chi connectivity index (χ0n) is 15.8. The third kappa shape index (κ3) is 3.68. The van der Waals surface area contributed by atoms with Crippen molar-refractivity contribution in [3.63, 3.8) is 0 Å². The predicted molar refractivity (Wildman–Crippen MR) is 109 cm³/mol. The van der Waals surface area contributed by atoms with Crippen molar-refractivity contribution in [2.75, 3.05) is 6.26 Å². The molecular formula is C21H24N2O3S. The normalized spacial score (nSPS) is 12.0. The van der Waals surface area contributed by atoms with Crippen LogP contribution in [0.25, 0.3) is 21.9 Å². The number of nitrogens with zero attached hydrogens (tertiary/aromatic N) is 1. The molecule has 1 aromatic heterocycles. The average Bonchev–Trinajstić information content (AvgIpc) is 2.63. The van der Waals surface area contributed by atoms with E-state index in [0.29, 0.717) is 17.3 Å². The van der Waals surface area contributed by atoms with Crippen LogP contribution in [0.4, 0.5) is 0 Å². The van der Waals surface area contributed by atoms with Gasteiger partial charge in [0.2, 0.25) is 0 Å². The molecular weight excluding hydrogens is 360 g/mol. The molecule has 0 amide bonds. The summed E-state index contributed by atoms with van der Waals surface area (Å²) < 4.78 is 25.9. The quantitative estimate of drug-likeness (QED) is 0.732. The number of nitrogens with two attached hydrogens (primary N) is 1. The number of benzene rings is 2. The van der Waals surface area contributed by atoms with E-state index in [-0.39, 0.29) is 22.9 Å². The fourth-order valence-corrected chi connectivity index (χ4v) is 4.05. The van der Waals surface area contributed by atoms with E-state index < -0.39 is 9.84 Å². The molecule has 0 saturated heterocycles. The summed E-state index contributed by atoms with van der Waals surface area (Å²) in [7, 11) is -3.39. The second-order valence-electron chi connectivity index (χ2n) is 7.18. The lowest BCUT2D eigenvalue weighted by Gasteiger charge is -2.21. The van der Waals surface area contributed by atoms with Crippen LogP contribution in [0.3, 0.4) is 0 Å². The smallest absolute Gasteiger partial charge is 0.258 e. The Labute approximate surface area is 159 Å². The Bertz CT molecular complexity index is 1150. The number of aromatic nitrogens is 1. The third-order valence-corrected chi connectivity index (χ3v) is 5.69. The fraction of sp³-hybridized carbons (Fsp3) is 0.286. The van der Waals surface area contributed by atoms with Gasteiger partial charge in [-0.2, -0.15) is 0 Å². The maximum absolute atomic E-state index is 13.1. The largest absolute Gasteiger partial charge is 0.325 e. The van der Waals surface area contributed by atoms with E-state index in [1.54, 1.807) is 16.7 Å². The number of hydrogen-bond donors (Lipinski definition) is 1. The van der Waals surface area contributed by atoms with E-state index in [0.717, 1.165) is 16.8 Å². The number of hydrogen-bond acceptors (Lipinski definition) is 4. The monoisotopic (exact) mass is 384 g/mol. The van der Waals surface area contributed by atoms with Crippen LogP contribution in [-0.4, -0.2) is 19.2 Å². The van der Waals surface area contributed by atoms with Gasteiger partial charge in [-0.15, -0.1) is 0 Å². The molecule has 0 fully saturated rings. The highest BCUT2D eigenvalue weighted by Crippen LogP contribution is 2.32. The van der Waals surface area contributed by atoms with Gasteiger partial charge in [-0.1, -0.05) is 44.2 Å². The van der Waals surface area contributed by atoms with E-state index in [4.69, 9.17) is 5.73 Å². The van der Waals surface area contributed by atoms with Gasteiger partial charge in [-0.25, -0.2) is 8.42 Å². The zero-order valence-corrected chi connectivity index (χ0v) is 16.6. The molecule has 0 unspecified atom stereocenters. The molecule has 0 aliphatic heterocycles. The number of sulfone groups is 1. The first-order chi connectivity index (χ1) is 12.7. The summed E-state index contributed by atoms with van der Waals surface area (Å²) in [6.07, 6.45) is 1.17. The van der Waals surface area contributed by atoms with Gasteiger partial charge in [0.15, 0.2) is 9.84 Å². The first kappa shape index (κ1) is 19.3. The van der Waals surface area contributed by atoms with Crippen LogP contribution in [0.5, 0.6) is 0 Å².